The number of hydrogen-bond donors (Lipinski definition) is 1. The molecule has 3 aliphatic rings. The fourth-order valence-corrected chi connectivity index (χ4v) is 5.17. The van der Waals surface area contributed by atoms with E-state index >= 15 is 0 Å². The number of nitrogens with one attached hydrogen (secondary N) is 1. The predicted molar refractivity (Wildman–Crippen MR) is 101 cm³/mol. The normalized spacial score (nSPS) is 24.3. The smallest absolute Gasteiger partial charge is 0.0443 e. The molecule has 0 bridgehead atoms. The Hall–Kier alpha value is -1.68. The van der Waals surface area contributed by atoms with Crippen LogP contribution >= 0.6 is 0 Å². The number of benzene rings is 2. The Balaban J connectivity index is 1.12. The largest absolute Gasteiger partial charge is 0.301 e. The molecule has 130 valence electrons. The summed E-state index contributed by atoms with van der Waals surface area (Å²) >= 11 is 0. The molecule has 5 rings (SSSR count). The Labute approximate surface area is 150 Å². The molecule has 0 unspecified atom stereocenters. The highest BCUT2D eigenvalue weighted by Gasteiger charge is 2.57. The van der Waals surface area contributed by atoms with E-state index in [1.165, 1.54) is 50.1 Å². The van der Waals surface area contributed by atoms with Gasteiger partial charge in [0.15, 0.2) is 0 Å². The van der Waals surface area contributed by atoms with E-state index in [0.717, 1.165) is 13.1 Å². The summed E-state index contributed by atoms with van der Waals surface area (Å²) in [5.41, 5.74) is 3.66. The summed E-state index contributed by atoms with van der Waals surface area (Å²) < 4.78 is 0. The van der Waals surface area contributed by atoms with Gasteiger partial charge in [0.2, 0.25) is 0 Å². The van der Waals surface area contributed by atoms with E-state index in [9.17, 15) is 0 Å². The first kappa shape index (κ1) is 15.6. The first-order valence-electron chi connectivity index (χ1n) is 9.55. The first-order valence-corrected chi connectivity index (χ1v) is 9.55. The average molecular weight is 333 g/mol. The molecule has 3 heterocycles. The van der Waals surface area contributed by atoms with Crippen molar-refractivity contribution in [3.63, 3.8) is 0 Å². The fourth-order valence-electron chi connectivity index (χ4n) is 5.17. The molecule has 2 spiro atoms. The summed E-state index contributed by atoms with van der Waals surface area (Å²) in [4.78, 5) is 5.17. The van der Waals surface area contributed by atoms with E-state index in [2.05, 4.69) is 75.8 Å². The zero-order valence-electron chi connectivity index (χ0n) is 14.8. The molecule has 3 heteroatoms. The van der Waals surface area contributed by atoms with E-state index in [1.807, 2.05) is 0 Å². The highest BCUT2D eigenvalue weighted by atomic mass is 15.4. The second-order valence-corrected chi connectivity index (χ2v) is 8.45. The van der Waals surface area contributed by atoms with E-state index in [-0.39, 0.29) is 0 Å². The van der Waals surface area contributed by atoms with Gasteiger partial charge in [-0.3, -0.25) is 9.80 Å². The van der Waals surface area contributed by atoms with E-state index < -0.39 is 0 Å². The van der Waals surface area contributed by atoms with Gasteiger partial charge in [-0.15, -0.1) is 0 Å². The van der Waals surface area contributed by atoms with Gasteiger partial charge in [-0.05, 0) is 24.0 Å². The third-order valence-electron chi connectivity index (χ3n) is 6.22. The molecular weight excluding hydrogens is 306 g/mol. The van der Waals surface area contributed by atoms with Gasteiger partial charge in [0.05, 0.1) is 0 Å². The van der Waals surface area contributed by atoms with Crippen LogP contribution in [0.5, 0.6) is 0 Å². The Morgan fingerprint density at radius 3 is 1.44 bits per heavy atom. The van der Waals surface area contributed by atoms with Crippen molar-refractivity contribution in [2.75, 3.05) is 26.2 Å². The van der Waals surface area contributed by atoms with Crippen LogP contribution in [-0.4, -0.2) is 47.1 Å². The van der Waals surface area contributed by atoms with Gasteiger partial charge >= 0.3 is 0 Å². The molecule has 0 aromatic heterocycles. The Morgan fingerprint density at radius 2 is 1.04 bits per heavy atom. The van der Waals surface area contributed by atoms with Gasteiger partial charge in [0.25, 0.3) is 0 Å². The van der Waals surface area contributed by atoms with Crippen LogP contribution in [0.15, 0.2) is 60.7 Å². The fraction of sp³-hybridized carbons (Fsp3) is 0.455. The average Bonchev–Trinajstić information content (AvgIpc) is 2.97. The van der Waals surface area contributed by atoms with Crippen LogP contribution in [0.25, 0.3) is 0 Å². The maximum atomic E-state index is 4.06. The molecule has 0 amide bonds. The zero-order valence-corrected chi connectivity index (χ0v) is 14.8. The summed E-state index contributed by atoms with van der Waals surface area (Å²) in [6.07, 6.45) is 2.69. The second-order valence-electron chi connectivity index (χ2n) is 8.45. The van der Waals surface area contributed by atoms with Crippen molar-refractivity contribution in [2.45, 2.75) is 37.0 Å². The van der Waals surface area contributed by atoms with Crippen LogP contribution in [0.1, 0.15) is 24.0 Å². The highest BCUT2D eigenvalue weighted by molar-refractivity contribution is 5.22. The van der Waals surface area contributed by atoms with E-state index in [1.54, 1.807) is 0 Å². The van der Waals surface area contributed by atoms with Crippen LogP contribution in [0.3, 0.4) is 0 Å². The van der Waals surface area contributed by atoms with E-state index in [4.69, 9.17) is 0 Å². The molecule has 2 aromatic carbocycles. The molecular formula is C22H27N3. The van der Waals surface area contributed by atoms with Crippen LogP contribution < -0.4 is 5.32 Å². The number of nitrogens with zero attached hydrogens (tertiary/aromatic N) is 2. The molecule has 0 atom stereocenters. The number of hydrogen-bond acceptors (Lipinski definition) is 3. The Morgan fingerprint density at radius 1 is 0.640 bits per heavy atom. The minimum atomic E-state index is 0.396. The van der Waals surface area contributed by atoms with Gasteiger partial charge in [0, 0.05) is 50.3 Å². The van der Waals surface area contributed by atoms with Crippen LogP contribution in [0.4, 0.5) is 0 Å². The minimum Gasteiger partial charge on any atom is -0.301 e. The van der Waals surface area contributed by atoms with Crippen molar-refractivity contribution >= 4 is 0 Å². The van der Waals surface area contributed by atoms with Crippen molar-refractivity contribution in [3.05, 3.63) is 71.8 Å². The van der Waals surface area contributed by atoms with Crippen molar-refractivity contribution in [1.82, 2.24) is 15.1 Å². The summed E-state index contributed by atoms with van der Waals surface area (Å²) in [7, 11) is 0. The predicted octanol–water partition coefficient (Wildman–Crippen LogP) is 2.88. The van der Waals surface area contributed by atoms with Gasteiger partial charge in [-0.2, -0.15) is 0 Å². The second kappa shape index (κ2) is 5.94. The molecule has 3 saturated heterocycles. The van der Waals surface area contributed by atoms with Crippen LogP contribution in [0.2, 0.25) is 0 Å². The third kappa shape index (κ3) is 3.01. The van der Waals surface area contributed by atoms with Crippen LogP contribution in [0, 0.1) is 0 Å². The lowest BCUT2D eigenvalue weighted by Crippen LogP contribution is -2.74. The van der Waals surface area contributed by atoms with Crippen molar-refractivity contribution in [1.29, 1.82) is 0 Å². The van der Waals surface area contributed by atoms with Crippen molar-refractivity contribution in [3.8, 4) is 0 Å². The van der Waals surface area contributed by atoms with Gasteiger partial charge in [-0.25, -0.2) is 0 Å². The number of rotatable bonds is 4. The molecule has 1 N–H and O–H groups in total. The summed E-state index contributed by atoms with van der Waals surface area (Å²) in [6.45, 7) is 7.03. The van der Waals surface area contributed by atoms with Gasteiger partial charge in [0.1, 0.15) is 0 Å². The maximum Gasteiger partial charge on any atom is 0.0443 e. The SMILES string of the molecule is c1ccc(CN2CC3(CCC4(CN(Cc5ccccc5)C4)N3)C2)cc1. The molecule has 2 aromatic rings. The molecule has 3 nitrogen and oxygen atoms in total. The quantitative estimate of drug-likeness (QED) is 0.928. The standard InChI is InChI=1S/C22H27N3/c1-3-7-19(8-4-1)13-24-15-21(16-24)11-12-22(23-21)17-25(18-22)14-20-9-5-2-6-10-20/h1-10,23H,11-18H2. The lowest BCUT2D eigenvalue weighted by Gasteiger charge is -2.54. The molecule has 25 heavy (non-hydrogen) atoms. The summed E-state index contributed by atoms with van der Waals surface area (Å²) in [5, 5.41) is 4.06. The lowest BCUT2D eigenvalue weighted by atomic mass is 9.86. The molecule has 3 aliphatic heterocycles. The van der Waals surface area contributed by atoms with Gasteiger partial charge < -0.3 is 5.32 Å². The lowest BCUT2D eigenvalue weighted by molar-refractivity contribution is -0.00149. The number of likely N-dealkylation sites (tertiary alicyclic amines) is 2. The van der Waals surface area contributed by atoms with Crippen LogP contribution in [-0.2, 0) is 13.1 Å². The minimum absolute atomic E-state index is 0.396. The Kier molecular flexibility index (Phi) is 3.70. The topological polar surface area (TPSA) is 18.5 Å². The molecule has 3 fully saturated rings. The third-order valence-corrected chi connectivity index (χ3v) is 6.22. The Bertz CT molecular complexity index is 652. The van der Waals surface area contributed by atoms with Crippen molar-refractivity contribution < 1.29 is 0 Å². The first-order chi connectivity index (χ1) is 12.2. The van der Waals surface area contributed by atoms with Crippen molar-refractivity contribution in [2.24, 2.45) is 0 Å². The molecule has 0 radical (unpaired) electrons. The highest BCUT2D eigenvalue weighted by Crippen LogP contribution is 2.42. The summed E-state index contributed by atoms with van der Waals surface area (Å²) in [5.74, 6) is 0. The zero-order chi connectivity index (χ0) is 16.7. The molecule has 0 aliphatic carbocycles. The van der Waals surface area contributed by atoms with Gasteiger partial charge in [-0.1, -0.05) is 60.7 Å². The maximum absolute atomic E-state index is 4.06. The summed E-state index contributed by atoms with van der Waals surface area (Å²) in [6, 6.07) is 21.7. The molecule has 0 saturated carbocycles. The monoisotopic (exact) mass is 333 g/mol. The van der Waals surface area contributed by atoms with E-state index in [0.29, 0.717) is 11.1 Å².